The molecule has 0 spiro atoms. The summed E-state index contributed by atoms with van der Waals surface area (Å²) in [5.41, 5.74) is 0.0636. The lowest BCUT2D eigenvalue weighted by Crippen LogP contribution is -2.31. The second-order valence-corrected chi connectivity index (χ2v) is 4.00. The summed E-state index contributed by atoms with van der Waals surface area (Å²) in [5.74, 6) is 0.281. The Balaban J connectivity index is 1.90. The van der Waals surface area contributed by atoms with Crippen molar-refractivity contribution in [3.05, 3.63) is 34.2 Å². The van der Waals surface area contributed by atoms with Crippen LogP contribution in [0.5, 0.6) is 0 Å². The monoisotopic (exact) mass is 221 g/mol. The van der Waals surface area contributed by atoms with Crippen LogP contribution in [0.15, 0.2) is 23.0 Å². The van der Waals surface area contributed by atoms with Crippen LogP contribution in [0, 0.1) is 5.92 Å². The van der Waals surface area contributed by atoms with Gasteiger partial charge in [0.05, 0.1) is 0 Å². The third-order valence-electron chi connectivity index (χ3n) is 2.73. The average molecular weight is 221 g/mol. The molecule has 1 aromatic heterocycles. The lowest BCUT2D eigenvalue weighted by atomic mass is 10.1. The van der Waals surface area contributed by atoms with E-state index in [4.69, 9.17) is 0 Å². The third kappa shape index (κ3) is 2.70. The van der Waals surface area contributed by atoms with E-state index in [1.54, 1.807) is 12.1 Å². The van der Waals surface area contributed by atoms with Crippen molar-refractivity contribution in [1.82, 2.24) is 15.6 Å². The number of pyridine rings is 1. The summed E-state index contributed by atoms with van der Waals surface area (Å²) in [6, 6.07) is 4.56. The van der Waals surface area contributed by atoms with Crippen LogP contribution in [0.2, 0.25) is 0 Å². The van der Waals surface area contributed by atoms with Gasteiger partial charge in [0.1, 0.15) is 5.69 Å². The van der Waals surface area contributed by atoms with Crippen LogP contribution < -0.4 is 16.2 Å². The van der Waals surface area contributed by atoms with Gasteiger partial charge in [-0.25, -0.2) is 0 Å². The molecule has 0 bridgehead atoms. The highest BCUT2D eigenvalue weighted by atomic mass is 16.2. The van der Waals surface area contributed by atoms with Crippen LogP contribution in [0.3, 0.4) is 0 Å². The van der Waals surface area contributed by atoms with Crippen molar-refractivity contribution in [2.45, 2.75) is 6.42 Å². The maximum atomic E-state index is 11.7. The first-order valence-electron chi connectivity index (χ1n) is 5.44. The maximum Gasteiger partial charge on any atom is 0.267 e. The van der Waals surface area contributed by atoms with Gasteiger partial charge in [0.25, 0.3) is 5.91 Å². The third-order valence-corrected chi connectivity index (χ3v) is 2.73. The standard InChI is InChI=1S/C11H15N3O2/c15-10-3-1-2-9(14-10)11(16)13-7-8-4-5-12-6-8/h1-3,8,12H,4-7H2,(H,13,16)(H,14,15). The first-order valence-corrected chi connectivity index (χ1v) is 5.44. The number of aromatic amines is 1. The van der Waals surface area contributed by atoms with E-state index in [0.717, 1.165) is 19.5 Å². The Hall–Kier alpha value is -1.62. The number of hydrogen-bond acceptors (Lipinski definition) is 3. The molecular weight excluding hydrogens is 206 g/mol. The molecule has 1 unspecified atom stereocenters. The van der Waals surface area contributed by atoms with Gasteiger partial charge in [-0.05, 0) is 31.5 Å². The first-order chi connectivity index (χ1) is 7.75. The summed E-state index contributed by atoms with van der Waals surface area (Å²) in [6.45, 7) is 2.62. The number of H-pyrrole nitrogens is 1. The van der Waals surface area contributed by atoms with Gasteiger partial charge in [-0.3, -0.25) is 9.59 Å². The van der Waals surface area contributed by atoms with Gasteiger partial charge in [-0.15, -0.1) is 0 Å². The van der Waals surface area contributed by atoms with Crippen LogP contribution >= 0.6 is 0 Å². The number of hydrogen-bond donors (Lipinski definition) is 3. The van der Waals surface area contributed by atoms with E-state index in [9.17, 15) is 9.59 Å². The molecule has 0 aliphatic carbocycles. The minimum atomic E-state index is -0.254. The molecule has 1 saturated heterocycles. The molecule has 86 valence electrons. The molecule has 1 aliphatic heterocycles. The summed E-state index contributed by atoms with van der Waals surface area (Å²) >= 11 is 0. The van der Waals surface area contributed by atoms with Crippen molar-refractivity contribution in [1.29, 1.82) is 0 Å². The van der Waals surface area contributed by atoms with Crippen LogP contribution in [0.25, 0.3) is 0 Å². The molecule has 5 heteroatoms. The molecule has 1 aliphatic rings. The van der Waals surface area contributed by atoms with E-state index in [1.807, 2.05) is 0 Å². The van der Waals surface area contributed by atoms with Crippen molar-refractivity contribution < 1.29 is 4.79 Å². The summed E-state index contributed by atoms with van der Waals surface area (Å²) in [4.78, 5) is 25.2. The molecule has 2 rings (SSSR count). The summed E-state index contributed by atoms with van der Waals surface area (Å²) in [5, 5.41) is 6.05. The number of carbonyl (C=O) groups is 1. The highest BCUT2D eigenvalue weighted by Gasteiger charge is 2.15. The number of carbonyl (C=O) groups excluding carboxylic acids is 1. The van der Waals surface area contributed by atoms with E-state index in [1.165, 1.54) is 6.07 Å². The number of rotatable bonds is 3. The number of aromatic nitrogens is 1. The van der Waals surface area contributed by atoms with Gasteiger partial charge in [-0.1, -0.05) is 6.07 Å². The normalized spacial score (nSPS) is 19.6. The van der Waals surface area contributed by atoms with Crippen LogP contribution in [-0.2, 0) is 0 Å². The Kier molecular flexibility index (Phi) is 3.36. The van der Waals surface area contributed by atoms with Gasteiger partial charge < -0.3 is 15.6 Å². The quantitative estimate of drug-likeness (QED) is 0.657. The fraction of sp³-hybridized carbons (Fsp3) is 0.455. The highest BCUT2D eigenvalue weighted by Crippen LogP contribution is 2.05. The molecule has 5 nitrogen and oxygen atoms in total. The van der Waals surface area contributed by atoms with E-state index >= 15 is 0 Å². The minimum absolute atomic E-state index is 0.218. The fourth-order valence-electron chi connectivity index (χ4n) is 1.80. The smallest absolute Gasteiger partial charge is 0.267 e. The second-order valence-electron chi connectivity index (χ2n) is 4.00. The van der Waals surface area contributed by atoms with Gasteiger partial charge in [-0.2, -0.15) is 0 Å². The van der Waals surface area contributed by atoms with Gasteiger partial charge in [0, 0.05) is 12.6 Å². The fourth-order valence-corrected chi connectivity index (χ4v) is 1.80. The molecule has 2 heterocycles. The largest absolute Gasteiger partial charge is 0.350 e. The van der Waals surface area contributed by atoms with E-state index < -0.39 is 0 Å². The topological polar surface area (TPSA) is 74.0 Å². The highest BCUT2D eigenvalue weighted by molar-refractivity contribution is 5.92. The summed E-state index contributed by atoms with van der Waals surface area (Å²) < 4.78 is 0. The predicted octanol–water partition coefficient (Wildman–Crippen LogP) is -0.286. The predicted molar refractivity (Wildman–Crippen MR) is 60.4 cm³/mol. The Morgan fingerprint density at radius 2 is 2.38 bits per heavy atom. The molecule has 3 N–H and O–H groups in total. The number of nitrogens with one attached hydrogen (secondary N) is 3. The SMILES string of the molecule is O=C(NCC1CCNC1)c1cccc(=O)[nH]1. The molecule has 1 atom stereocenters. The van der Waals surface area contributed by atoms with Gasteiger partial charge in [0.15, 0.2) is 0 Å². The number of amides is 1. The van der Waals surface area contributed by atoms with Crippen LogP contribution in [0.1, 0.15) is 16.9 Å². The molecule has 0 radical (unpaired) electrons. The molecule has 1 aromatic rings. The maximum absolute atomic E-state index is 11.7. The molecule has 0 aromatic carbocycles. The Morgan fingerprint density at radius 1 is 1.50 bits per heavy atom. The van der Waals surface area contributed by atoms with Gasteiger partial charge >= 0.3 is 0 Å². The van der Waals surface area contributed by atoms with E-state index in [0.29, 0.717) is 18.2 Å². The Bertz CT molecular complexity index is 421. The molecule has 1 fully saturated rings. The summed E-state index contributed by atoms with van der Waals surface area (Å²) in [7, 11) is 0. The van der Waals surface area contributed by atoms with Crippen molar-refractivity contribution in [2.24, 2.45) is 5.92 Å². The average Bonchev–Trinajstić information content (AvgIpc) is 2.78. The van der Waals surface area contributed by atoms with Crippen molar-refractivity contribution in [3.8, 4) is 0 Å². The minimum Gasteiger partial charge on any atom is -0.350 e. The lowest BCUT2D eigenvalue weighted by molar-refractivity contribution is 0.0943. The lowest BCUT2D eigenvalue weighted by Gasteiger charge is -2.09. The van der Waals surface area contributed by atoms with Crippen LogP contribution in [-0.4, -0.2) is 30.5 Å². The summed E-state index contributed by atoms with van der Waals surface area (Å²) in [6.07, 6.45) is 1.09. The van der Waals surface area contributed by atoms with Crippen molar-refractivity contribution in [2.75, 3.05) is 19.6 Å². The van der Waals surface area contributed by atoms with E-state index in [2.05, 4.69) is 15.6 Å². The van der Waals surface area contributed by atoms with Crippen molar-refractivity contribution >= 4 is 5.91 Å². The second kappa shape index (κ2) is 4.94. The van der Waals surface area contributed by atoms with Crippen molar-refractivity contribution in [3.63, 3.8) is 0 Å². The molecule has 0 saturated carbocycles. The van der Waals surface area contributed by atoms with Crippen LogP contribution in [0.4, 0.5) is 0 Å². The first kappa shape index (κ1) is 10.9. The van der Waals surface area contributed by atoms with Gasteiger partial charge in [0.2, 0.25) is 5.56 Å². The molecule has 1 amide bonds. The van der Waals surface area contributed by atoms with E-state index in [-0.39, 0.29) is 11.5 Å². The zero-order chi connectivity index (χ0) is 11.4. The zero-order valence-electron chi connectivity index (χ0n) is 8.95. The molecule has 16 heavy (non-hydrogen) atoms. The Labute approximate surface area is 93.3 Å². The molecular formula is C11H15N3O2. The Morgan fingerprint density at radius 3 is 3.06 bits per heavy atom. The zero-order valence-corrected chi connectivity index (χ0v) is 8.95.